The van der Waals surface area contributed by atoms with Gasteiger partial charge in [0.2, 0.25) is 5.91 Å². The lowest BCUT2D eigenvalue weighted by atomic mass is 10.0. The SMILES string of the molecule is CC(=O)C(Cc1ccccc1)NC(=O)Cc1ccc(OCCCCl)cc1. The van der Waals surface area contributed by atoms with Crippen LogP contribution in [0.25, 0.3) is 0 Å². The van der Waals surface area contributed by atoms with Gasteiger partial charge in [-0.3, -0.25) is 9.59 Å². The van der Waals surface area contributed by atoms with Crippen LogP contribution in [0.4, 0.5) is 0 Å². The molecule has 26 heavy (non-hydrogen) atoms. The average molecular weight is 374 g/mol. The smallest absolute Gasteiger partial charge is 0.225 e. The number of Topliss-reactive ketones (excluding diaryl/α,β-unsaturated/α-hetero) is 1. The first-order valence-electron chi connectivity index (χ1n) is 8.70. The molecule has 4 nitrogen and oxygen atoms in total. The van der Waals surface area contributed by atoms with Gasteiger partial charge >= 0.3 is 0 Å². The van der Waals surface area contributed by atoms with Gasteiger partial charge in [0.25, 0.3) is 0 Å². The monoisotopic (exact) mass is 373 g/mol. The second-order valence-electron chi connectivity index (χ2n) is 6.13. The highest BCUT2D eigenvalue weighted by Crippen LogP contribution is 2.13. The number of ketones is 1. The third kappa shape index (κ3) is 6.89. The summed E-state index contributed by atoms with van der Waals surface area (Å²) in [5.74, 6) is 1.10. The second kappa shape index (κ2) is 10.6. The summed E-state index contributed by atoms with van der Waals surface area (Å²) in [6, 6.07) is 16.5. The molecular formula is C21H24ClNO3. The summed E-state index contributed by atoms with van der Waals surface area (Å²) in [5.41, 5.74) is 1.89. The molecule has 138 valence electrons. The fourth-order valence-electron chi connectivity index (χ4n) is 2.53. The van der Waals surface area contributed by atoms with Gasteiger partial charge in [-0.25, -0.2) is 0 Å². The molecule has 0 aliphatic heterocycles. The summed E-state index contributed by atoms with van der Waals surface area (Å²) in [7, 11) is 0. The number of ether oxygens (including phenoxy) is 1. The lowest BCUT2D eigenvalue weighted by molar-refractivity contribution is -0.126. The Balaban J connectivity index is 1.88. The molecule has 1 unspecified atom stereocenters. The Hall–Kier alpha value is -2.33. The zero-order valence-corrected chi connectivity index (χ0v) is 15.7. The third-order valence-electron chi connectivity index (χ3n) is 3.94. The number of rotatable bonds is 10. The van der Waals surface area contributed by atoms with Crippen LogP contribution in [0.5, 0.6) is 5.75 Å². The number of halogens is 1. The van der Waals surface area contributed by atoms with E-state index in [1.807, 2.05) is 54.6 Å². The van der Waals surface area contributed by atoms with Crippen molar-refractivity contribution in [2.24, 2.45) is 0 Å². The number of benzene rings is 2. The number of carbonyl (C=O) groups excluding carboxylic acids is 2. The molecule has 0 radical (unpaired) electrons. The summed E-state index contributed by atoms with van der Waals surface area (Å²) >= 11 is 5.62. The van der Waals surface area contributed by atoms with E-state index in [1.54, 1.807) is 0 Å². The Labute approximate surface area is 159 Å². The van der Waals surface area contributed by atoms with Crippen molar-refractivity contribution in [1.82, 2.24) is 5.32 Å². The van der Waals surface area contributed by atoms with Gasteiger partial charge < -0.3 is 10.1 Å². The van der Waals surface area contributed by atoms with E-state index >= 15 is 0 Å². The maximum atomic E-state index is 12.3. The standard InChI is InChI=1S/C21H24ClNO3/c1-16(24)20(14-17-6-3-2-4-7-17)23-21(25)15-18-8-10-19(11-9-18)26-13-5-12-22/h2-4,6-11,20H,5,12-15H2,1H3,(H,23,25). The van der Waals surface area contributed by atoms with Crippen molar-refractivity contribution in [2.75, 3.05) is 12.5 Å². The maximum Gasteiger partial charge on any atom is 0.225 e. The molecule has 0 aromatic heterocycles. The van der Waals surface area contributed by atoms with Gasteiger partial charge in [-0.05, 0) is 43.0 Å². The molecular weight excluding hydrogens is 350 g/mol. The maximum absolute atomic E-state index is 12.3. The van der Waals surface area contributed by atoms with Crippen LogP contribution in [0.1, 0.15) is 24.5 Å². The third-order valence-corrected chi connectivity index (χ3v) is 4.21. The lowest BCUT2D eigenvalue weighted by Gasteiger charge is -2.16. The van der Waals surface area contributed by atoms with Gasteiger partial charge in [0.05, 0.1) is 19.1 Å². The highest BCUT2D eigenvalue weighted by Gasteiger charge is 2.17. The first-order valence-corrected chi connectivity index (χ1v) is 9.23. The molecule has 1 amide bonds. The molecule has 0 spiro atoms. The number of amides is 1. The Bertz CT molecular complexity index is 701. The molecule has 2 rings (SSSR count). The van der Waals surface area contributed by atoms with Gasteiger partial charge in [0.15, 0.2) is 5.78 Å². The Morgan fingerprint density at radius 1 is 1.04 bits per heavy atom. The normalized spacial score (nSPS) is 11.6. The zero-order chi connectivity index (χ0) is 18.8. The average Bonchev–Trinajstić information content (AvgIpc) is 2.63. The van der Waals surface area contributed by atoms with E-state index in [4.69, 9.17) is 16.3 Å². The molecule has 2 aromatic rings. The van der Waals surface area contributed by atoms with Crippen LogP contribution in [0, 0.1) is 0 Å². The van der Waals surface area contributed by atoms with E-state index in [0.717, 1.165) is 23.3 Å². The molecule has 0 bridgehead atoms. The topological polar surface area (TPSA) is 55.4 Å². The highest BCUT2D eigenvalue weighted by molar-refractivity contribution is 6.17. The van der Waals surface area contributed by atoms with Crippen molar-refractivity contribution < 1.29 is 14.3 Å². The van der Waals surface area contributed by atoms with Crippen LogP contribution >= 0.6 is 11.6 Å². The highest BCUT2D eigenvalue weighted by atomic mass is 35.5. The Kier molecular flexibility index (Phi) is 8.16. The molecule has 1 N–H and O–H groups in total. The van der Waals surface area contributed by atoms with Crippen LogP contribution in [-0.4, -0.2) is 30.2 Å². The van der Waals surface area contributed by atoms with Crippen LogP contribution in [0.3, 0.4) is 0 Å². The van der Waals surface area contributed by atoms with Crippen molar-refractivity contribution >= 4 is 23.3 Å². The van der Waals surface area contributed by atoms with Crippen LogP contribution < -0.4 is 10.1 Å². The molecule has 0 aliphatic rings. The van der Waals surface area contributed by atoms with Crippen molar-refractivity contribution in [1.29, 1.82) is 0 Å². The number of nitrogens with one attached hydrogen (secondary N) is 1. The van der Waals surface area contributed by atoms with Crippen LogP contribution in [0.2, 0.25) is 0 Å². The molecule has 5 heteroatoms. The first-order chi connectivity index (χ1) is 12.6. The summed E-state index contributed by atoms with van der Waals surface area (Å²) in [4.78, 5) is 24.2. The quantitative estimate of drug-likeness (QED) is 0.512. The zero-order valence-electron chi connectivity index (χ0n) is 14.9. The van der Waals surface area contributed by atoms with Crippen molar-refractivity contribution in [3.8, 4) is 5.75 Å². The summed E-state index contributed by atoms with van der Waals surface area (Å²) < 4.78 is 5.54. The molecule has 0 saturated carbocycles. The Morgan fingerprint density at radius 3 is 2.35 bits per heavy atom. The van der Waals surface area contributed by atoms with Crippen LogP contribution in [-0.2, 0) is 22.4 Å². The van der Waals surface area contributed by atoms with E-state index in [1.165, 1.54) is 6.92 Å². The minimum absolute atomic E-state index is 0.0507. The lowest BCUT2D eigenvalue weighted by Crippen LogP contribution is -2.42. The number of carbonyl (C=O) groups is 2. The number of hydrogen-bond acceptors (Lipinski definition) is 3. The van der Waals surface area contributed by atoms with E-state index < -0.39 is 6.04 Å². The largest absolute Gasteiger partial charge is 0.494 e. The van der Waals surface area contributed by atoms with Crippen molar-refractivity contribution in [3.05, 3.63) is 65.7 Å². The second-order valence-corrected chi connectivity index (χ2v) is 6.51. The van der Waals surface area contributed by atoms with Gasteiger partial charge in [-0.1, -0.05) is 42.5 Å². The molecule has 0 heterocycles. The summed E-state index contributed by atoms with van der Waals surface area (Å²) in [6.45, 7) is 2.07. The van der Waals surface area contributed by atoms with Gasteiger partial charge in [-0.15, -0.1) is 11.6 Å². The van der Waals surface area contributed by atoms with Crippen LogP contribution in [0.15, 0.2) is 54.6 Å². The molecule has 2 aromatic carbocycles. The summed E-state index contributed by atoms with van der Waals surface area (Å²) in [6.07, 6.45) is 1.51. The molecule has 0 saturated heterocycles. The predicted octanol–water partition coefficient (Wildman–Crippen LogP) is 3.55. The van der Waals surface area contributed by atoms with Crippen molar-refractivity contribution in [2.45, 2.75) is 32.2 Å². The minimum atomic E-state index is -0.511. The molecule has 0 fully saturated rings. The minimum Gasteiger partial charge on any atom is -0.494 e. The molecule has 0 aliphatic carbocycles. The molecule has 1 atom stereocenters. The van der Waals surface area contributed by atoms with E-state index in [0.29, 0.717) is 18.9 Å². The Morgan fingerprint density at radius 2 is 1.73 bits per heavy atom. The van der Waals surface area contributed by atoms with Gasteiger partial charge in [-0.2, -0.15) is 0 Å². The van der Waals surface area contributed by atoms with Gasteiger partial charge in [0.1, 0.15) is 5.75 Å². The fourth-order valence-corrected chi connectivity index (χ4v) is 2.63. The van der Waals surface area contributed by atoms with E-state index in [-0.39, 0.29) is 18.1 Å². The number of hydrogen-bond donors (Lipinski definition) is 1. The van der Waals surface area contributed by atoms with Crippen molar-refractivity contribution in [3.63, 3.8) is 0 Å². The number of alkyl halides is 1. The first kappa shape index (κ1) is 20.0. The fraction of sp³-hybridized carbons (Fsp3) is 0.333. The predicted molar refractivity (Wildman–Crippen MR) is 104 cm³/mol. The summed E-state index contributed by atoms with van der Waals surface area (Å²) in [5, 5.41) is 2.84. The van der Waals surface area contributed by atoms with Gasteiger partial charge in [0, 0.05) is 5.88 Å². The van der Waals surface area contributed by atoms with E-state index in [2.05, 4.69) is 5.32 Å². The van der Waals surface area contributed by atoms with E-state index in [9.17, 15) is 9.59 Å².